The highest BCUT2D eigenvalue weighted by atomic mass is 32.2. The first-order valence-electron chi connectivity index (χ1n) is 2.96. The molecule has 9 heavy (non-hydrogen) atoms. The third-order valence-corrected chi connectivity index (χ3v) is 2.53. The van der Waals surface area contributed by atoms with Gasteiger partial charge in [0.1, 0.15) is 6.17 Å². The quantitative estimate of drug-likeness (QED) is 0.517. The number of hydrogen-bond donors (Lipinski definition) is 0. The van der Waals surface area contributed by atoms with Crippen LogP contribution >= 0.6 is 11.8 Å². The Bertz CT molecular complexity index is 132. The molecule has 1 nitrogen and oxygen atoms in total. The number of nitriles is 1. The summed E-state index contributed by atoms with van der Waals surface area (Å²) in [4.78, 5) is 0. The van der Waals surface area contributed by atoms with Gasteiger partial charge < -0.3 is 0 Å². The van der Waals surface area contributed by atoms with E-state index in [0.717, 1.165) is 12.2 Å². The number of nitrogens with zero attached hydrogens (tertiary/aromatic N) is 1. The van der Waals surface area contributed by atoms with Gasteiger partial charge in [-0.2, -0.15) is 17.0 Å². The summed E-state index contributed by atoms with van der Waals surface area (Å²) in [5, 5.41) is 8.36. The zero-order valence-electron chi connectivity index (χ0n) is 5.01. The SMILES string of the molecule is N#C[C@H]1CCSC[C@H]1F. The van der Waals surface area contributed by atoms with Crippen LogP contribution in [0.1, 0.15) is 6.42 Å². The standard InChI is InChI=1S/C6H8FNS/c7-6-4-9-2-1-5(6)3-8/h5-6H,1-2,4H2/t5-,6-/m1/s1. The average Bonchev–Trinajstić information content (AvgIpc) is 1.89. The van der Waals surface area contributed by atoms with Gasteiger partial charge in [0.15, 0.2) is 0 Å². The second-order valence-electron chi connectivity index (χ2n) is 2.12. The summed E-state index contributed by atoms with van der Waals surface area (Å²) >= 11 is 1.60. The maximum atomic E-state index is 12.6. The fourth-order valence-electron chi connectivity index (χ4n) is 0.849. The van der Waals surface area contributed by atoms with Crippen molar-refractivity contribution in [3.63, 3.8) is 0 Å². The number of thioether (sulfide) groups is 1. The lowest BCUT2D eigenvalue weighted by atomic mass is 10.0. The molecule has 50 valence electrons. The van der Waals surface area contributed by atoms with Gasteiger partial charge in [-0.05, 0) is 12.2 Å². The van der Waals surface area contributed by atoms with Gasteiger partial charge in [-0.25, -0.2) is 4.39 Å². The summed E-state index contributed by atoms with van der Waals surface area (Å²) in [6.07, 6.45) is -0.156. The molecule has 0 aromatic rings. The van der Waals surface area contributed by atoms with E-state index in [0.29, 0.717) is 5.75 Å². The molecule has 0 unspecified atom stereocenters. The van der Waals surface area contributed by atoms with Crippen LogP contribution in [0.2, 0.25) is 0 Å². The predicted molar refractivity (Wildman–Crippen MR) is 35.9 cm³/mol. The topological polar surface area (TPSA) is 23.8 Å². The van der Waals surface area contributed by atoms with Crippen LogP contribution in [-0.4, -0.2) is 17.7 Å². The average molecular weight is 145 g/mol. The van der Waals surface area contributed by atoms with Gasteiger partial charge in [0, 0.05) is 5.75 Å². The first-order valence-corrected chi connectivity index (χ1v) is 4.11. The van der Waals surface area contributed by atoms with Crippen LogP contribution in [0.3, 0.4) is 0 Å². The van der Waals surface area contributed by atoms with Gasteiger partial charge in [0.2, 0.25) is 0 Å². The first kappa shape index (κ1) is 6.88. The van der Waals surface area contributed by atoms with Crippen LogP contribution in [0, 0.1) is 17.2 Å². The van der Waals surface area contributed by atoms with Crippen LogP contribution in [-0.2, 0) is 0 Å². The molecule has 0 aromatic heterocycles. The van der Waals surface area contributed by atoms with Gasteiger partial charge in [-0.3, -0.25) is 0 Å². The van der Waals surface area contributed by atoms with E-state index in [9.17, 15) is 4.39 Å². The Morgan fingerprint density at radius 2 is 2.44 bits per heavy atom. The van der Waals surface area contributed by atoms with Crippen molar-refractivity contribution in [2.24, 2.45) is 5.92 Å². The lowest BCUT2D eigenvalue weighted by Crippen LogP contribution is -2.22. The lowest BCUT2D eigenvalue weighted by Gasteiger charge is -2.18. The zero-order valence-corrected chi connectivity index (χ0v) is 5.83. The van der Waals surface area contributed by atoms with E-state index >= 15 is 0 Å². The van der Waals surface area contributed by atoms with E-state index in [1.54, 1.807) is 11.8 Å². The maximum absolute atomic E-state index is 12.6. The van der Waals surface area contributed by atoms with Crippen molar-refractivity contribution in [1.82, 2.24) is 0 Å². The Balaban J connectivity index is 2.41. The minimum absolute atomic E-state index is 0.328. The smallest absolute Gasteiger partial charge is 0.125 e. The largest absolute Gasteiger partial charge is 0.245 e. The van der Waals surface area contributed by atoms with Crippen LogP contribution in [0.4, 0.5) is 4.39 Å². The van der Waals surface area contributed by atoms with Gasteiger partial charge in [0.25, 0.3) is 0 Å². The summed E-state index contributed by atoms with van der Waals surface area (Å²) in [7, 11) is 0. The summed E-state index contributed by atoms with van der Waals surface area (Å²) in [6, 6.07) is 1.97. The molecule has 1 rings (SSSR count). The third-order valence-electron chi connectivity index (χ3n) is 1.45. The minimum Gasteiger partial charge on any atom is -0.245 e. The monoisotopic (exact) mass is 145 g/mol. The van der Waals surface area contributed by atoms with E-state index in [4.69, 9.17) is 5.26 Å². The molecule has 1 heterocycles. The summed E-state index contributed by atoms with van der Waals surface area (Å²) in [6.45, 7) is 0. The molecule has 0 aromatic carbocycles. The highest BCUT2D eigenvalue weighted by molar-refractivity contribution is 7.99. The van der Waals surface area contributed by atoms with Crippen molar-refractivity contribution >= 4 is 11.8 Å². The number of rotatable bonds is 0. The Hall–Kier alpha value is -0.230. The van der Waals surface area contributed by atoms with E-state index in [2.05, 4.69) is 0 Å². The molecule has 0 radical (unpaired) electrons. The molecule has 1 aliphatic rings. The van der Waals surface area contributed by atoms with E-state index in [1.807, 2.05) is 6.07 Å². The molecule has 1 saturated heterocycles. The maximum Gasteiger partial charge on any atom is 0.125 e. The van der Waals surface area contributed by atoms with Crippen LogP contribution < -0.4 is 0 Å². The van der Waals surface area contributed by atoms with Crippen LogP contribution in [0.5, 0.6) is 0 Å². The zero-order chi connectivity index (χ0) is 6.69. The fourth-order valence-corrected chi connectivity index (χ4v) is 1.89. The molecular weight excluding hydrogens is 137 g/mol. The van der Waals surface area contributed by atoms with Gasteiger partial charge in [-0.1, -0.05) is 0 Å². The van der Waals surface area contributed by atoms with Crippen molar-refractivity contribution in [2.75, 3.05) is 11.5 Å². The normalized spacial score (nSPS) is 35.6. The molecule has 0 amide bonds. The van der Waals surface area contributed by atoms with E-state index < -0.39 is 6.17 Å². The van der Waals surface area contributed by atoms with Crippen LogP contribution in [0.25, 0.3) is 0 Å². The predicted octanol–water partition coefficient (Wildman–Crippen LogP) is 1.60. The Kier molecular flexibility index (Phi) is 2.35. The third kappa shape index (κ3) is 1.59. The molecule has 3 heteroatoms. The molecule has 0 saturated carbocycles. The first-order chi connectivity index (χ1) is 4.34. The number of alkyl halides is 1. The molecule has 1 fully saturated rings. The Morgan fingerprint density at radius 1 is 1.67 bits per heavy atom. The van der Waals surface area contributed by atoms with Gasteiger partial charge in [-0.15, -0.1) is 0 Å². The molecule has 0 aliphatic carbocycles. The molecule has 1 aliphatic heterocycles. The minimum atomic E-state index is -0.881. The Morgan fingerprint density at radius 3 is 2.89 bits per heavy atom. The van der Waals surface area contributed by atoms with Crippen molar-refractivity contribution in [3.05, 3.63) is 0 Å². The Labute approximate surface area is 58.2 Å². The summed E-state index contributed by atoms with van der Waals surface area (Å²) in [5.74, 6) is 1.13. The summed E-state index contributed by atoms with van der Waals surface area (Å²) in [5.41, 5.74) is 0. The second-order valence-corrected chi connectivity index (χ2v) is 3.27. The molecular formula is C6H8FNS. The molecule has 0 spiro atoms. The molecule has 0 N–H and O–H groups in total. The fraction of sp³-hybridized carbons (Fsp3) is 0.833. The van der Waals surface area contributed by atoms with E-state index in [-0.39, 0.29) is 5.92 Å². The van der Waals surface area contributed by atoms with Crippen LogP contribution in [0.15, 0.2) is 0 Å². The van der Waals surface area contributed by atoms with Crippen molar-refractivity contribution in [3.8, 4) is 6.07 Å². The highest BCUT2D eigenvalue weighted by Gasteiger charge is 2.24. The molecule has 2 atom stereocenters. The lowest BCUT2D eigenvalue weighted by molar-refractivity contribution is 0.287. The van der Waals surface area contributed by atoms with Crippen molar-refractivity contribution < 1.29 is 4.39 Å². The van der Waals surface area contributed by atoms with E-state index in [1.165, 1.54) is 0 Å². The summed E-state index contributed by atoms with van der Waals surface area (Å²) < 4.78 is 12.6. The van der Waals surface area contributed by atoms with Crippen molar-refractivity contribution in [1.29, 1.82) is 5.26 Å². The van der Waals surface area contributed by atoms with Gasteiger partial charge in [0.05, 0.1) is 12.0 Å². The second kappa shape index (κ2) is 3.07. The van der Waals surface area contributed by atoms with Gasteiger partial charge >= 0.3 is 0 Å². The number of halogens is 1. The number of hydrogen-bond acceptors (Lipinski definition) is 2. The molecule has 0 bridgehead atoms. The van der Waals surface area contributed by atoms with Crippen molar-refractivity contribution in [2.45, 2.75) is 12.6 Å². The highest BCUT2D eigenvalue weighted by Crippen LogP contribution is 2.24.